The molecule has 1 saturated carbocycles. The number of nitrogens with zero attached hydrogens (tertiary/aromatic N) is 4. The van der Waals surface area contributed by atoms with Crippen LogP contribution in [-0.4, -0.2) is 69.0 Å². The molecule has 2 aromatic heterocycles. The summed E-state index contributed by atoms with van der Waals surface area (Å²) < 4.78 is 16.4. The summed E-state index contributed by atoms with van der Waals surface area (Å²) in [4.78, 5) is 21.3. The van der Waals surface area contributed by atoms with Crippen molar-refractivity contribution in [3.63, 3.8) is 0 Å². The molecule has 37 heavy (non-hydrogen) atoms. The summed E-state index contributed by atoms with van der Waals surface area (Å²) in [5.41, 5.74) is 3.34. The SMILES string of the molecule is CC(C)[C@H](C(=O)O)N(C)[C@H]1C[C@H](CN2CCC(c3cnc4ccccn34)CC2)[C@@H](c2cccc(F)c2)C1. The van der Waals surface area contributed by atoms with Crippen molar-refractivity contribution in [2.45, 2.75) is 63.5 Å². The largest absolute Gasteiger partial charge is 0.480 e. The highest BCUT2D eigenvalue weighted by Crippen LogP contribution is 2.43. The molecule has 1 aromatic carbocycles. The monoisotopic (exact) mass is 506 g/mol. The fourth-order valence-corrected chi connectivity index (χ4v) is 6.93. The molecule has 0 amide bonds. The van der Waals surface area contributed by atoms with Crippen LogP contribution in [0.3, 0.4) is 0 Å². The van der Waals surface area contributed by atoms with Crippen LogP contribution >= 0.6 is 0 Å². The number of hydrogen-bond donors (Lipinski definition) is 1. The second-order valence-electron chi connectivity index (χ2n) is 11.4. The topological polar surface area (TPSA) is 61.1 Å². The summed E-state index contributed by atoms with van der Waals surface area (Å²) in [6.07, 6.45) is 8.11. The van der Waals surface area contributed by atoms with Crippen molar-refractivity contribution < 1.29 is 14.3 Å². The number of piperidine rings is 1. The normalized spacial score (nSPS) is 24.3. The number of pyridine rings is 1. The summed E-state index contributed by atoms with van der Waals surface area (Å²) in [7, 11) is 1.95. The maximum atomic E-state index is 14.2. The number of aromatic nitrogens is 2. The smallest absolute Gasteiger partial charge is 0.321 e. The standard InChI is InChI=1S/C30H39FN4O2/c1-20(2)29(30(36)37)33(3)25-16-23(26(17-25)22-7-6-8-24(31)15-22)19-34-13-10-21(11-14-34)27-18-32-28-9-4-5-12-35(27)28/h4-9,12,15,18,20-21,23,25-26,29H,10-11,13-14,16-17,19H2,1-3H3,(H,36,37)/t23-,25+,26-,29-/m1/s1. The van der Waals surface area contributed by atoms with E-state index in [4.69, 9.17) is 0 Å². The van der Waals surface area contributed by atoms with Gasteiger partial charge in [-0.2, -0.15) is 0 Å². The van der Waals surface area contributed by atoms with Crippen molar-refractivity contribution in [1.82, 2.24) is 19.2 Å². The van der Waals surface area contributed by atoms with Crippen molar-refractivity contribution in [3.8, 4) is 0 Å². The van der Waals surface area contributed by atoms with Crippen molar-refractivity contribution in [2.75, 3.05) is 26.7 Å². The van der Waals surface area contributed by atoms with E-state index in [1.165, 1.54) is 11.8 Å². The zero-order chi connectivity index (χ0) is 26.1. The van der Waals surface area contributed by atoms with Gasteiger partial charge in [-0.1, -0.05) is 32.0 Å². The predicted molar refractivity (Wildman–Crippen MR) is 143 cm³/mol. The molecule has 6 nitrogen and oxygen atoms in total. The lowest BCUT2D eigenvalue weighted by Gasteiger charge is -2.35. The Labute approximate surface area is 219 Å². The van der Waals surface area contributed by atoms with Gasteiger partial charge in [0.1, 0.15) is 17.5 Å². The molecular formula is C30H39FN4O2. The van der Waals surface area contributed by atoms with Gasteiger partial charge in [-0.25, -0.2) is 9.37 Å². The lowest BCUT2D eigenvalue weighted by atomic mass is 9.87. The molecule has 0 radical (unpaired) electrons. The van der Waals surface area contributed by atoms with Crippen molar-refractivity contribution >= 4 is 11.6 Å². The van der Waals surface area contributed by atoms with E-state index >= 15 is 0 Å². The molecule has 3 aromatic rings. The molecule has 1 aliphatic heterocycles. The van der Waals surface area contributed by atoms with E-state index in [0.717, 1.165) is 56.5 Å². The van der Waals surface area contributed by atoms with Gasteiger partial charge in [-0.05, 0) is 93.4 Å². The van der Waals surface area contributed by atoms with E-state index < -0.39 is 12.0 Å². The Morgan fingerprint density at radius 3 is 2.65 bits per heavy atom. The third-order valence-corrected chi connectivity index (χ3v) is 8.79. The minimum atomic E-state index is -0.766. The van der Waals surface area contributed by atoms with Crippen LogP contribution in [0.25, 0.3) is 5.65 Å². The molecule has 0 spiro atoms. The van der Waals surface area contributed by atoms with Gasteiger partial charge in [-0.3, -0.25) is 9.69 Å². The molecule has 4 atom stereocenters. The third kappa shape index (κ3) is 5.43. The Morgan fingerprint density at radius 2 is 1.95 bits per heavy atom. The quantitative estimate of drug-likeness (QED) is 0.452. The van der Waals surface area contributed by atoms with Gasteiger partial charge in [0, 0.05) is 36.6 Å². The van der Waals surface area contributed by atoms with Gasteiger partial charge in [0.15, 0.2) is 0 Å². The van der Waals surface area contributed by atoms with Crippen molar-refractivity contribution in [3.05, 3.63) is 71.9 Å². The number of likely N-dealkylation sites (N-methyl/N-ethyl adjacent to an activating group) is 1. The summed E-state index contributed by atoms with van der Waals surface area (Å²) in [5, 5.41) is 9.88. The lowest BCUT2D eigenvalue weighted by molar-refractivity contribution is -0.145. The number of fused-ring (bicyclic) bond motifs is 1. The summed E-state index contributed by atoms with van der Waals surface area (Å²) >= 11 is 0. The maximum absolute atomic E-state index is 14.2. The van der Waals surface area contributed by atoms with Gasteiger partial charge >= 0.3 is 5.97 Å². The van der Waals surface area contributed by atoms with E-state index in [1.807, 2.05) is 45.3 Å². The lowest BCUT2D eigenvalue weighted by Crippen LogP contribution is -2.47. The molecule has 1 saturated heterocycles. The summed E-state index contributed by atoms with van der Waals surface area (Å²) in [6, 6.07) is 12.8. The zero-order valence-electron chi connectivity index (χ0n) is 22.1. The number of carbonyl (C=O) groups is 1. The summed E-state index contributed by atoms with van der Waals surface area (Å²) in [6.45, 7) is 6.97. The van der Waals surface area contributed by atoms with Crippen LogP contribution in [0.2, 0.25) is 0 Å². The molecular weight excluding hydrogens is 467 g/mol. The van der Waals surface area contributed by atoms with Gasteiger partial charge in [-0.15, -0.1) is 0 Å². The Morgan fingerprint density at radius 1 is 1.16 bits per heavy atom. The van der Waals surface area contributed by atoms with Crippen LogP contribution < -0.4 is 0 Å². The highest BCUT2D eigenvalue weighted by molar-refractivity contribution is 5.73. The van der Waals surface area contributed by atoms with Crippen LogP contribution in [0, 0.1) is 17.7 Å². The van der Waals surface area contributed by atoms with E-state index in [-0.39, 0.29) is 23.7 Å². The number of benzene rings is 1. The molecule has 2 fully saturated rings. The van der Waals surface area contributed by atoms with Gasteiger partial charge in [0.25, 0.3) is 0 Å². The third-order valence-electron chi connectivity index (χ3n) is 8.79. The molecule has 1 N–H and O–H groups in total. The fourth-order valence-electron chi connectivity index (χ4n) is 6.93. The molecule has 7 heteroatoms. The molecule has 5 rings (SSSR count). The average molecular weight is 507 g/mol. The Kier molecular flexibility index (Phi) is 7.63. The number of hydrogen-bond acceptors (Lipinski definition) is 4. The Bertz CT molecular complexity index is 1220. The van der Waals surface area contributed by atoms with Crippen LogP contribution in [0.4, 0.5) is 4.39 Å². The first-order valence-electron chi connectivity index (χ1n) is 13.7. The van der Waals surface area contributed by atoms with Gasteiger partial charge in [0.2, 0.25) is 0 Å². The first-order chi connectivity index (χ1) is 17.8. The number of aliphatic carboxylic acids is 1. The number of carboxylic acid groups (broad SMARTS) is 1. The molecule has 0 bridgehead atoms. The molecule has 198 valence electrons. The van der Waals surface area contributed by atoms with Crippen LogP contribution in [0.15, 0.2) is 54.9 Å². The van der Waals surface area contributed by atoms with Gasteiger partial charge in [0.05, 0.1) is 0 Å². The molecule has 0 unspecified atom stereocenters. The first-order valence-corrected chi connectivity index (χ1v) is 13.7. The van der Waals surface area contributed by atoms with Crippen LogP contribution in [0.1, 0.15) is 62.6 Å². The van der Waals surface area contributed by atoms with E-state index in [0.29, 0.717) is 11.8 Å². The highest BCUT2D eigenvalue weighted by Gasteiger charge is 2.41. The molecule has 1 aliphatic carbocycles. The predicted octanol–water partition coefficient (Wildman–Crippen LogP) is 5.26. The second kappa shape index (κ2) is 10.9. The number of imidazole rings is 1. The van der Waals surface area contributed by atoms with E-state index in [1.54, 1.807) is 12.1 Å². The highest BCUT2D eigenvalue weighted by atomic mass is 19.1. The fraction of sp³-hybridized carbons (Fsp3) is 0.533. The number of likely N-dealkylation sites (tertiary alicyclic amines) is 1. The van der Waals surface area contributed by atoms with Crippen molar-refractivity contribution in [2.24, 2.45) is 11.8 Å². The number of carboxylic acids is 1. The number of rotatable bonds is 8. The zero-order valence-corrected chi connectivity index (χ0v) is 22.1. The van der Waals surface area contributed by atoms with E-state index in [9.17, 15) is 14.3 Å². The minimum absolute atomic E-state index is 0.0211. The minimum Gasteiger partial charge on any atom is -0.480 e. The summed E-state index contributed by atoms with van der Waals surface area (Å²) in [5.74, 6) is 0.139. The van der Waals surface area contributed by atoms with Crippen LogP contribution in [0.5, 0.6) is 0 Å². The molecule has 2 aliphatic rings. The Balaban J connectivity index is 1.29. The maximum Gasteiger partial charge on any atom is 0.321 e. The van der Waals surface area contributed by atoms with Gasteiger partial charge < -0.3 is 14.4 Å². The number of halogens is 1. The van der Waals surface area contributed by atoms with Crippen LogP contribution in [-0.2, 0) is 4.79 Å². The first kappa shape index (κ1) is 25.9. The second-order valence-corrected chi connectivity index (χ2v) is 11.4. The van der Waals surface area contributed by atoms with E-state index in [2.05, 4.69) is 31.4 Å². The van der Waals surface area contributed by atoms with Crippen molar-refractivity contribution in [1.29, 1.82) is 0 Å². The Hall–Kier alpha value is -2.77. The molecule has 3 heterocycles. The average Bonchev–Trinajstić information content (AvgIpc) is 3.49.